The van der Waals surface area contributed by atoms with Gasteiger partial charge in [-0.2, -0.15) is 0 Å². The minimum Gasteiger partial charge on any atom is -0.456 e. The second-order valence-corrected chi connectivity index (χ2v) is 13.9. The third-order valence-corrected chi connectivity index (χ3v) is 10.7. The Kier molecular flexibility index (Phi) is 5.64. The number of rotatable bonds is 5. The molecule has 0 aliphatic heterocycles. The van der Waals surface area contributed by atoms with Crippen molar-refractivity contribution in [1.29, 1.82) is 0 Å². The van der Waals surface area contributed by atoms with E-state index in [1.807, 2.05) is 137 Å². The summed E-state index contributed by atoms with van der Waals surface area (Å²) in [7, 11) is 0. The van der Waals surface area contributed by atoms with Crippen LogP contribution in [0.4, 0.5) is 0 Å². The third-order valence-electron chi connectivity index (χ3n) is 10.7. The summed E-state index contributed by atoms with van der Waals surface area (Å²) in [4.78, 5) is 14.7. The van der Waals surface area contributed by atoms with E-state index in [9.17, 15) is 5.48 Å². The Morgan fingerprint density at radius 3 is 1.61 bits per heavy atom. The van der Waals surface area contributed by atoms with E-state index in [0.29, 0.717) is 77.9 Å². The van der Waals surface area contributed by atoms with Crippen LogP contribution in [-0.4, -0.2) is 24.1 Å². The zero-order valence-electron chi connectivity index (χ0n) is 36.1. The normalized spacial score (nSPS) is 13.3. The van der Waals surface area contributed by atoms with Crippen molar-refractivity contribution in [2.45, 2.75) is 0 Å². The summed E-state index contributed by atoms with van der Waals surface area (Å²) in [5, 5.41) is 3.38. The fourth-order valence-electron chi connectivity index (χ4n) is 8.19. The van der Waals surface area contributed by atoms with Crippen LogP contribution < -0.4 is 0 Å². The Bertz CT molecular complexity index is 3810. The zero-order chi connectivity index (χ0) is 42.7. The Morgan fingerprint density at radius 2 is 0.982 bits per heavy atom. The van der Waals surface area contributed by atoms with Crippen molar-refractivity contribution < 1.29 is 12.6 Å². The van der Waals surface area contributed by atoms with Gasteiger partial charge in [-0.05, 0) is 48.5 Å². The number of nitrogens with zero attached hydrogens (tertiary/aromatic N) is 5. The Labute approximate surface area is 335 Å². The first-order chi connectivity index (χ1) is 30.7. The van der Waals surface area contributed by atoms with Gasteiger partial charge in [-0.3, -0.25) is 0 Å². The molecule has 0 aliphatic rings. The molecular weight excluding hydrogens is 699 g/mol. The van der Waals surface area contributed by atoms with E-state index in [4.69, 9.17) is 22.1 Å². The highest BCUT2D eigenvalue weighted by molar-refractivity contribution is 6.24. The minimum absolute atomic E-state index is 0.0631. The molecule has 0 saturated carbocycles. The van der Waals surface area contributed by atoms with Crippen molar-refractivity contribution in [3.05, 3.63) is 188 Å². The molecule has 12 aromatic rings. The topological polar surface area (TPSA) is 61.7 Å². The molecule has 0 atom stereocenters. The maximum atomic E-state index is 9.61. The third kappa shape index (κ3) is 4.81. The number of hydrogen-bond donors (Lipinski definition) is 0. The van der Waals surface area contributed by atoms with Gasteiger partial charge in [-0.25, -0.2) is 15.0 Å². The highest BCUT2D eigenvalue weighted by Crippen LogP contribution is 2.44. The molecule has 0 spiro atoms. The first kappa shape index (κ1) is 26.1. The van der Waals surface area contributed by atoms with Gasteiger partial charge < -0.3 is 13.6 Å². The molecule has 0 N–H and O–H groups in total. The number of fused-ring (bicyclic) bond motifs is 10. The lowest BCUT2D eigenvalue weighted by atomic mass is 10.1. The van der Waals surface area contributed by atoms with E-state index >= 15 is 0 Å². The monoisotopic (exact) mass is 735 g/mol. The number of aromatic nitrogens is 5. The van der Waals surface area contributed by atoms with Crippen LogP contribution in [0.5, 0.6) is 0 Å². The van der Waals surface area contributed by atoms with Crippen molar-refractivity contribution in [2.75, 3.05) is 0 Å². The quantitative estimate of drug-likeness (QED) is 0.177. The SMILES string of the molecule is [2H]c1cc([2H])c2c(c1)c1c([2H])c([2H])c3c4cc([2H])cc([2H])c4n(-c4cccc5oc6cc(-c7nc(-c8ccccc8)nc(-c8ccccc8)n7)ccc6c45)c3c1n2-c1ccccc1. The van der Waals surface area contributed by atoms with Crippen LogP contribution in [0.15, 0.2) is 192 Å². The predicted octanol–water partition coefficient (Wildman–Crippen LogP) is 13.0. The van der Waals surface area contributed by atoms with Crippen molar-refractivity contribution >= 4 is 65.6 Å². The smallest absolute Gasteiger partial charge is 0.164 e. The van der Waals surface area contributed by atoms with E-state index in [0.717, 1.165) is 33.2 Å². The van der Waals surface area contributed by atoms with Crippen molar-refractivity contribution in [3.8, 4) is 45.5 Å². The molecule has 8 aromatic carbocycles. The fourth-order valence-corrected chi connectivity index (χ4v) is 8.19. The number of hydrogen-bond acceptors (Lipinski definition) is 4. The number of para-hydroxylation sites is 3. The van der Waals surface area contributed by atoms with E-state index in [1.165, 1.54) is 12.1 Å². The molecule has 6 heteroatoms. The van der Waals surface area contributed by atoms with Crippen molar-refractivity contribution in [1.82, 2.24) is 24.1 Å². The molecule has 0 radical (unpaired) electrons. The molecule has 12 rings (SSSR count). The van der Waals surface area contributed by atoms with Gasteiger partial charge in [0.25, 0.3) is 0 Å². The Morgan fingerprint density at radius 1 is 0.421 bits per heavy atom. The molecule has 4 aromatic heterocycles. The van der Waals surface area contributed by atoms with Gasteiger partial charge in [0.2, 0.25) is 0 Å². The lowest BCUT2D eigenvalue weighted by molar-refractivity contribution is 0.669. The molecule has 0 saturated heterocycles. The lowest BCUT2D eigenvalue weighted by Crippen LogP contribution is -2.00. The fraction of sp³-hybridized carbons (Fsp3) is 0. The van der Waals surface area contributed by atoms with E-state index < -0.39 is 0 Å². The predicted molar refractivity (Wildman–Crippen MR) is 232 cm³/mol. The number of furan rings is 1. The van der Waals surface area contributed by atoms with Gasteiger partial charge in [0, 0.05) is 49.3 Å². The summed E-state index contributed by atoms with van der Waals surface area (Å²) < 4.78 is 65.7. The largest absolute Gasteiger partial charge is 0.456 e. The van der Waals surface area contributed by atoms with E-state index in [-0.39, 0.29) is 36.3 Å². The average molecular weight is 736 g/mol. The molecular formula is C51H31N5O. The molecule has 0 aliphatic carbocycles. The molecule has 57 heavy (non-hydrogen) atoms. The van der Waals surface area contributed by atoms with Gasteiger partial charge in [-0.15, -0.1) is 0 Å². The summed E-state index contributed by atoms with van der Waals surface area (Å²) in [5.74, 6) is 1.56. The standard InChI is InChI=1S/C51H31N5O/c1-4-15-32(16-5-1)49-52-50(33-17-6-2-7-18-33)54-51(53-49)34-27-28-40-45(31-34)57-44-26-14-25-43(46(40)44)56-42-24-13-11-22-37(42)39-30-29-38-36-21-10-12-23-41(36)55(47(38)48(39)56)35-19-8-3-9-20-35/h1-31H/i10D,11D,23D,24D,29D,30D. The average Bonchev–Trinajstić information content (AvgIpc) is 3.97. The molecule has 0 amide bonds. The second kappa shape index (κ2) is 12.3. The van der Waals surface area contributed by atoms with Gasteiger partial charge in [0.15, 0.2) is 17.5 Å². The molecule has 0 fully saturated rings. The molecule has 6 nitrogen and oxygen atoms in total. The van der Waals surface area contributed by atoms with E-state index in [1.54, 1.807) is 12.1 Å². The number of benzene rings is 8. The summed E-state index contributed by atoms with van der Waals surface area (Å²) in [6, 6.07) is 47.4. The van der Waals surface area contributed by atoms with Crippen molar-refractivity contribution in [2.24, 2.45) is 0 Å². The van der Waals surface area contributed by atoms with Gasteiger partial charge in [-0.1, -0.05) is 139 Å². The lowest BCUT2D eigenvalue weighted by Gasteiger charge is -2.13. The molecule has 0 bridgehead atoms. The molecule has 0 unspecified atom stereocenters. The van der Waals surface area contributed by atoms with Crippen LogP contribution in [0, 0.1) is 0 Å². The summed E-state index contributed by atoms with van der Waals surface area (Å²) in [6.07, 6.45) is 0. The first-order valence-electron chi connectivity index (χ1n) is 21.6. The van der Waals surface area contributed by atoms with Crippen LogP contribution in [0.25, 0.3) is 111 Å². The minimum atomic E-state index is -0.0729. The maximum absolute atomic E-state index is 9.61. The summed E-state index contributed by atoms with van der Waals surface area (Å²) >= 11 is 0. The van der Waals surface area contributed by atoms with Crippen LogP contribution in [0.2, 0.25) is 0 Å². The van der Waals surface area contributed by atoms with Gasteiger partial charge in [0.1, 0.15) is 11.2 Å². The highest BCUT2D eigenvalue weighted by Gasteiger charge is 2.23. The van der Waals surface area contributed by atoms with Gasteiger partial charge >= 0.3 is 0 Å². The van der Waals surface area contributed by atoms with Crippen LogP contribution in [-0.2, 0) is 0 Å². The Balaban J connectivity index is 1.18. The van der Waals surface area contributed by atoms with Crippen molar-refractivity contribution in [3.63, 3.8) is 0 Å². The summed E-state index contributed by atoms with van der Waals surface area (Å²) in [6.45, 7) is 0. The second-order valence-electron chi connectivity index (χ2n) is 13.9. The van der Waals surface area contributed by atoms with Gasteiger partial charge in [0.05, 0.1) is 41.4 Å². The van der Waals surface area contributed by atoms with Crippen LogP contribution >= 0.6 is 0 Å². The summed E-state index contributed by atoms with van der Waals surface area (Å²) in [5.41, 5.74) is 7.06. The van der Waals surface area contributed by atoms with Crippen LogP contribution in [0.1, 0.15) is 8.22 Å². The van der Waals surface area contributed by atoms with E-state index in [2.05, 4.69) is 0 Å². The highest BCUT2D eigenvalue weighted by atomic mass is 16.3. The zero-order valence-corrected chi connectivity index (χ0v) is 30.1. The molecule has 4 heterocycles. The maximum Gasteiger partial charge on any atom is 0.164 e. The first-order valence-corrected chi connectivity index (χ1v) is 18.6. The Hall–Kier alpha value is -7.83. The molecule has 266 valence electrons. The van der Waals surface area contributed by atoms with Crippen LogP contribution in [0.3, 0.4) is 0 Å².